The van der Waals surface area contributed by atoms with Gasteiger partial charge in [-0.3, -0.25) is 4.79 Å². The van der Waals surface area contributed by atoms with E-state index < -0.39 is 5.82 Å². The van der Waals surface area contributed by atoms with Gasteiger partial charge in [-0.15, -0.1) is 0 Å². The molecule has 0 saturated carbocycles. The second-order valence-electron chi connectivity index (χ2n) is 7.90. The number of hydrogen-bond donors (Lipinski definition) is 1. The maximum atomic E-state index is 13.7. The van der Waals surface area contributed by atoms with Crippen LogP contribution in [0.1, 0.15) is 46.4 Å². The number of hydrogen-bond acceptors (Lipinski definition) is 2. The second kappa shape index (κ2) is 7.70. The van der Waals surface area contributed by atoms with Crippen LogP contribution in [0.15, 0.2) is 66.7 Å². The SMILES string of the molecule is Cc1ccc(N[C@@H]2C[C@H](C)N(C(=O)c3cccc(F)c3)c3cc(C)ccc32)cc1. The Balaban J connectivity index is 1.72. The number of nitrogens with one attached hydrogen (secondary N) is 1. The van der Waals surface area contributed by atoms with Gasteiger partial charge in [-0.25, -0.2) is 4.39 Å². The Hall–Kier alpha value is -3.14. The van der Waals surface area contributed by atoms with Crippen molar-refractivity contribution in [3.63, 3.8) is 0 Å². The Kier molecular flexibility index (Phi) is 5.10. The number of nitrogens with zero attached hydrogens (tertiary/aromatic N) is 1. The zero-order valence-electron chi connectivity index (χ0n) is 16.9. The van der Waals surface area contributed by atoms with E-state index in [1.165, 1.54) is 17.7 Å². The van der Waals surface area contributed by atoms with Crippen molar-refractivity contribution in [3.05, 3.63) is 94.8 Å². The Morgan fingerprint density at radius 1 is 1.00 bits per heavy atom. The van der Waals surface area contributed by atoms with Crippen LogP contribution in [0.25, 0.3) is 0 Å². The standard InChI is InChI=1S/C25H25FN2O/c1-16-7-10-21(11-8-16)27-23-14-18(3)28(24-13-17(2)9-12-22(23)24)25(29)19-5-4-6-20(26)15-19/h4-13,15,18,23,27H,14H2,1-3H3/t18-,23+/m0/s1. The van der Waals surface area contributed by atoms with Gasteiger partial charge in [0.05, 0.1) is 6.04 Å². The van der Waals surface area contributed by atoms with E-state index in [4.69, 9.17) is 0 Å². The summed E-state index contributed by atoms with van der Waals surface area (Å²) in [5.74, 6) is -0.568. The molecule has 0 fully saturated rings. The first-order chi connectivity index (χ1) is 13.9. The van der Waals surface area contributed by atoms with Gasteiger partial charge in [-0.1, -0.05) is 35.9 Å². The van der Waals surface area contributed by atoms with Crippen molar-refractivity contribution in [2.45, 2.75) is 39.3 Å². The number of amides is 1. The summed E-state index contributed by atoms with van der Waals surface area (Å²) >= 11 is 0. The average molecular weight is 388 g/mol. The van der Waals surface area contributed by atoms with E-state index in [0.717, 1.165) is 28.9 Å². The van der Waals surface area contributed by atoms with Crippen molar-refractivity contribution < 1.29 is 9.18 Å². The monoisotopic (exact) mass is 388 g/mol. The van der Waals surface area contributed by atoms with Crippen molar-refractivity contribution in [2.75, 3.05) is 10.2 Å². The van der Waals surface area contributed by atoms with Crippen LogP contribution in [-0.2, 0) is 0 Å². The molecule has 3 aromatic carbocycles. The third-order valence-corrected chi connectivity index (χ3v) is 5.52. The Morgan fingerprint density at radius 3 is 2.45 bits per heavy atom. The molecule has 29 heavy (non-hydrogen) atoms. The highest BCUT2D eigenvalue weighted by molar-refractivity contribution is 6.07. The molecule has 0 saturated heterocycles. The van der Waals surface area contributed by atoms with Gasteiger partial charge in [-0.05, 0) is 74.7 Å². The van der Waals surface area contributed by atoms with Gasteiger partial charge in [0.15, 0.2) is 0 Å². The molecule has 1 aliphatic rings. The fourth-order valence-corrected chi connectivity index (χ4v) is 4.03. The summed E-state index contributed by atoms with van der Waals surface area (Å²) < 4.78 is 13.7. The van der Waals surface area contributed by atoms with Crippen molar-refractivity contribution in [1.82, 2.24) is 0 Å². The molecule has 0 radical (unpaired) electrons. The molecule has 3 aromatic rings. The molecule has 0 bridgehead atoms. The molecular weight excluding hydrogens is 363 g/mol. The van der Waals surface area contributed by atoms with Crippen LogP contribution in [0, 0.1) is 19.7 Å². The van der Waals surface area contributed by atoms with Crippen LogP contribution in [0.3, 0.4) is 0 Å². The third kappa shape index (κ3) is 3.88. The zero-order chi connectivity index (χ0) is 20.5. The minimum atomic E-state index is -0.399. The van der Waals surface area contributed by atoms with Gasteiger partial charge in [0.25, 0.3) is 5.91 Å². The number of carbonyl (C=O) groups is 1. The van der Waals surface area contributed by atoms with Gasteiger partial charge in [-0.2, -0.15) is 0 Å². The largest absolute Gasteiger partial charge is 0.378 e. The van der Waals surface area contributed by atoms with E-state index in [9.17, 15) is 9.18 Å². The maximum absolute atomic E-state index is 13.7. The lowest BCUT2D eigenvalue weighted by molar-refractivity contribution is 0.0973. The summed E-state index contributed by atoms with van der Waals surface area (Å²) in [6.07, 6.45) is 0.769. The van der Waals surface area contributed by atoms with Crippen LogP contribution in [-0.4, -0.2) is 11.9 Å². The summed E-state index contributed by atoms with van der Waals surface area (Å²) in [5.41, 5.74) is 5.71. The molecule has 1 amide bonds. The lowest BCUT2D eigenvalue weighted by atomic mass is 9.90. The number of benzene rings is 3. The average Bonchev–Trinajstić information content (AvgIpc) is 2.69. The number of aryl methyl sites for hydroxylation is 2. The molecule has 1 aliphatic heterocycles. The van der Waals surface area contributed by atoms with Crippen LogP contribution in [0.4, 0.5) is 15.8 Å². The first-order valence-corrected chi connectivity index (χ1v) is 9.95. The topological polar surface area (TPSA) is 32.3 Å². The van der Waals surface area contributed by atoms with Gasteiger partial charge in [0, 0.05) is 23.0 Å². The highest BCUT2D eigenvalue weighted by atomic mass is 19.1. The van der Waals surface area contributed by atoms with E-state index in [2.05, 4.69) is 48.6 Å². The smallest absolute Gasteiger partial charge is 0.258 e. The van der Waals surface area contributed by atoms with Crippen molar-refractivity contribution in [2.24, 2.45) is 0 Å². The minimum Gasteiger partial charge on any atom is -0.378 e. The van der Waals surface area contributed by atoms with Crippen LogP contribution in [0.2, 0.25) is 0 Å². The Bertz CT molecular complexity index is 1040. The van der Waals surface area contributed by atoms with Gasteiger partial charge >= 0.3 is 0 Å². The summed E-state index contributed by atoms with van der Waals surface area (Å²) in [7, 11) is 0. The van der Waals surface area contributed by atoms with E-state index in [0.29, 0.717) is 5.56 Å². The van der Waals surface area contributed by atoms with Crippen molar-refractivity contribution in [1.29, 1.82) is 0 Å². The molecule has 0 spiro atoms. The number of fused-ring (bicyclic) bond motifs is 1. The molecule has 1 heterocycles. The molecule has 0 aliphatic carbocycles. The van der Waals surface area contributed by atoms with Crippen LogP contribution in [0.5, 0.6) is 0 Å². The molecule has 1 N–H and O–H groups in total. The molecule has 148 valence electrons. The Labute approximate surface area is 171 Å². The first-order valence-electron chi connectivity index (χ1n) is 9.95. The lowest BCUT2D eigenvalue weighted by Gasteiger charge is -2.40. The van der Waals surface area contributed by atoms with Gasteiger partial charge in [0.1, 0.15) is 5.82 Å². The highest BCUT2D eigenvalue weighted by Gasteiger charge is 2.34. The fourth-order valence-electron chi connectivity index (χ4n) is 4.03. The predicted molar refractivity (Wildman–Crippen MR) is 116 cm³/mol. The number of halogens is 1. The molecular formula is C25H25FN2O. The second-order valence-corrected chi connectivity index (χ2v) is 7.90. The fraction of sp³-hybridized carbons (Fsp3) is 0.240. The Morgan fingerprint density at radius 2 is 1.72 bits per heavy atom. The highest BCUT2D eigenvalue weighted by Crippen LogP contribution is 2.40. The van der Waals surface area contributed by atoms with Crippen LogP contribution < -0.4 is 10.2 Å². The normalized spacial score (nSPS) is 18.3. The quantitative estimate of drug-likeness (QED) is 0.594. The summed E-state index contributed by atoms with van der Waals surface area (Å²) in [6, 6.07) is 20.5. The van der Waals surface area contributed by atoms with Gasteiger partial charge in [0.2, 0.25) is 0 Å². The summed E-state index contributed by atoms with van der Waals surface area (Å²) in [5, 5.41) is 3.62. The number of rotatable bonds is 3. The predicted octanol–water partition coefficient (Wildman–Crippen LogP) is 6.03. The van der Waals surface area contributed by atoms with Gasteiger partial charge < -0.3 is 10.2 Å². The lowest BCUT2D eigenvalue weighted by Crippen LogP contribution is -2.44. The molecule has 0 unspecified atom stereocenters. The number of carbonyl (C=O) groups excluding carboxylic acids is 1. The minimum absolute atomic E-state index is 0.0250. The first kappa shape index (κ1) is 19.2. The molecule has 2 atom stereocenters. The van der Waals surface area contributed by atoms with Crippen molar-refractivity contribution >= 4 is 17.3 Å². The summed E-state index contributed by atoms with van der Waals surface area (Å²) in [6.45, 7) is 6.14. The van der Waals surface area contributed by atoms with E-state index in [1.807, 2.05) is 24.8 Å². The summed E-state index contributed by atoms with van der Waals surface area (Å²) in [4.78, 5) is 15.1. The third-order valence-electron chi connectivity index (χ3n) is 5.52. The molecule has 4 rings (SSSR count). The molecule has 0 aromatic heterocycles. The van der Waals surface area contributed by atoms with Crippen molar-refractivity contribution in [3.8, 4) is 0 Å². The molecule has 4 heteroatoms. The van der Waals surface area contributed by atoms with E-state index in [-0.39, 0.29) is 18.0 Å². The maximum Gasteiger partial charge on any atom is 0.258 e. The number of anilines is 2. The molecule has 3 nitrogen and oxygen atoms in total. The zero-order valence-corrected chi connectivity index (χ0v) is 16.9. The van der Waals surface area contributed by atoms with E-state index >= 15 is 0 Å². The van der Waals surface area contributed by atoms with Crippen LogP contribution >= 0.6 is 0 Å². The van der Waals surface area contributed by atoms with E-state index in [1.54, 1.807) is 12.1 Å².